The molecule has 6 heteroatoms. The van der Waals surface area contributed by atoms with Crippen LogP contribution in [0.3, 0.4) is 0 Å². The van der Waals surface area contributed by atoms with Crippen LogP contribution < -0.4 is 10.0 Å². The average Bonchev–Trinajstić information content (AvgIpc) is 2.73. The largest absolute Gasteiger partial charge is 0.317 e. The first kappa shape index (κ1) is 14.2. The van der Waals surface area contributed by atoms with Crippen LogP contribution in [0.1, 0.15) is 25.7 Å². The fourth-order valence-electron chi connectivity index (χ4n) is 2.84. The Labute approximate surface area is 110 Å². The Morgan fingerprint density at radius 2 is 2.00 bits per heavy atom. The van der Waals surface area contributed by atoms with Gasteiger partial charge in [0.25, 0.3) is 0 Å². The number of hydrogen-bond acceptors (Lipinski definition) is 4. The van der Waals surface area contributed by atoms with Gasteiger partial charge in [-0.05, 0) is 58.3 Å². The Hall–Kier alpha value is -0.170. The molecule has 2 fully saturated rings. The molecule has 18 heavy (non-hydrogen) atoms. The zero-order chi connectivity index (χ0) is 13.0. The Bertz CT molecular complexity index is 352. The molecule has 0 aliphatic carbocycles. The summed E-state index contributed by atoms with van der Waals surface area (Å²) in [6, 6.07) is 0.119. The molecule has 2 aliphatic heterocycles. The molecule has 0 saturated carbocycles. The van der Waals surface area contributed by atoms with Crippen LogP contribution >= 0.6 is 0 Å². The number of nitrogens with zero attached hydrogens (tertiary/aromatic N) is 1. The van der Waals surface area contributed by atoms with E-state index in [2.05, 4.69) is 14.9 Å². The monoisotopic (exact) mass is 275 g/mol. The van der Waals surface area contributed by atoms with Crippen LogP contribution in [0.4, 0.5) is 0 Å². The topological polar surface area (TPSA) is 61.4 Å². The molecule has 2 saturated heterocycles. The molecule has 106 valence electrons. The minimum atomic E-state index is -3.08. The Morgan fingerprint density at radius 3 is 2.61 bits per heavy atom. The van der Waals surface area contributed by atoms with Crippen LogP contribution in [0.5, 0.6) is 0 Å². The molecule has 0 aromatic rings. The Morgan fingerprint density at radius 1 is 1.28 bits per heavy atom. The molecule has 2 heterocycles. The predicted octanol–water partition coefficient (Wildman–Crippen LogP) is -0.000400. The lowest BCUT2D eigenvalue weighted by atomic mass is 9.96. The molecule has 0 aromatic carbocycles. The molecule has 2 aliphatic rings. The van der Waals surface area contributed by atoms with Gasteiger partial charge in [0.1, 0.15) is 0 Å². The number of likely N-dealkylation sites (N-methyl/N-ethyl adjacent to an activating group) is 1. The standard InChI is InChI=1S/C12H25N3O2S/c1-15-8-4-12(10-15)14-18(16,17)9-5-11-2-6-13-7-3-11/h11-14H,2-10H2,1H3. The second-order valence-corrected chi connectivity index (χ2v) is 7.54. The van der Waals surface area contributed by atoms with Crippen molar-refractivity contribution in [1.82, 2.24) is 14.9 Å². The molecule has 0 amide bonds. The maximum Gasteiger partial charge on any atom is 0.211 e. The van der Waals surface area contributed by atoms with Gasteiger partial charge in [0.15, 0.2) is 0 Å². The van der Waals surface area contributed by atoms with Gasteiger partial charge in [-0.3, -0.25) is 0 Å². The Balaban J connectivity index is 1.73. The number of likely N-dealkylation sites (tertiary alicyclic amines) is 1. The number of sulfonamides is 1. The van der Waals surface area contributed by atoms with Crippen LogP contribution in [-0.2, 0) is 10.0 Å². The highest BCUT2D eigenvalue weighted by Gasteiger charge is 2.25. The van der Waals surface area contributed by atoms with E-state index in [0.717, 1.165) is 51.9 Å². The summed E-state index contributed by atoms with van der Waals surface area (Å²) in [7, 11) is -1.05. The Kier molecular flexibility index (Phi) is 5.00. The summed E-state index contributed by atoms with van der Waals surface area (Å²) >= 11 is 0. The molecule has 5 nitrogen and oxygen atoms in total. The van der Waals surface area contributed by atoms with Crippen molar-refractivity contribution in [2.75, 3.05) is 39.0 Å². The van der Waals surface area contributed by atoms with Crippen molar-refractivity contribution >= 4 is 10.0 Å². The third kappa shape index (κ3) is 4.50. The van der Waals surface area contributed by atoms with Crippen LogP contribution in [0.15, 0.2) is 0 Å². The second-order valence-electron chi connectivity index (χ2n) is 5.67. The first-order valence-corrected chi connectivity index (χ1v) is 8.60. The number of hydrogen-bond donors (Lipinski definition) is 2. The van der Waals surface area contributed by atoms with Gasteiger partial charge in [0, 0.05) is 12.6 Å². The summed E-state index contributed by atoms with van der Waals surface area (Å²) in [6.07, 6.45) is 3.96. The van der Waals surface area contributed by atoms with Crippen molar-refractivity contribution in [1.29, 1.82) is 0 Å². The van der Waals surface area contributed by atoms with Crippen molar-refractivity contribution in [2.24, 2.45) is 5.92 Å². The smallest absolute Gasteiger partial charge is 0.211 e. The van der Waals surface area contributed by atoms with Gasteiger partial charge in [-0.25, -0.2) is 13.1 Å². The lowest BCUT2D eigenvalue weighted by Gasteiger charge is -2.22. The summed E-state index contributed by atoms with van der Waals surface area (Å²) in [6.45, 7) is 3.89. The van der Waals surface area contributed by atoms with Crippen molar-refractivity contribution in [3.05, 3.63) is 0 Å². The maximum absolute atomic E-state index is 12.0. The molecule has 0 spiro atoms. The van der Waals surface area contributed by atoms with E-state index in [1.807, 2.05) is 7.05 Å². The van der Waals surface area contributed by atoms with Crippen LogP contribution in [0.25, 0.3) is 0 Å². The van der Waals surface area contributed by atoms with Crippen LogP contribution in [0.2, 0.25) is 0 Å². The van der Waals surface area contributed by atoms with Crippen molar-refractivity contribution in [2.45, 2.75) is 31.7 Å². The fourth-order valence-corrected chi connectivity index (χ4v) is 4.30. The van der Waals surface area contributed by atoms with Crippen LogP contribution in [-0.4, -0.2) is 58.3 Å². The first-order valence-electron chi connectivity index (χ1n) is 6.94. The summed E-state index contributed by atoms with van der Waals surface area (Å²) < 4.78 is 26.8. The molecule has 2 rings (SSSR count). The van der Waals surface area contributed by atoms with Gasteiger partial charge in [-0.15, -0.1) is 0 Å². The summed E-state index contributed by atoms with van der Waals surface area (Å²) in [5.74, 6) is 0.867. The summed E-state index contributed by atoms with van der Waals surface area (Å²) in [4.78, 5) is 2.17. The van der Waals surface area contributed by atoms with E-state index in [0.29, 0.717) is 5.92 Å². The van der Waals surface area contributed by atoms with Crippen molar-refractivity contribution < 1.29 is 8.42 Å². The van der Waals surface area contributed by atoms with Gasteiger partial charge < -0.3 is 10.2 Å². The zero-order valence-corrected chi connectivity index (χ0v) is 12.0. The lowest BCUT2D eigenvalue weighted by molar-refractivity contribution is 0.364. The third-order valence-electron chi connectivity index (χ3n) is 3.99. The van der Waals surface area contributed by atoms with Gasteiger partial charge in [0.05, 0.1) is 5.75 Å². The summed E-state index contributed by atoms with van der Waals surface area (Å²) in [5, 5.41) is 3.30. The third-order valence-corrected chi connectivity index (χ3v) is 5.46. The highest BCUT2D eigenvalue weighted by atomic mass is 32.2. The molecule has 0 bridgehead atoms. The van der Waals surface area contributed by atoms with Crippen molar-refractivity contribution in [3.63, 3.8) is 0 Å². The van der Waals surface area contributed by atoms with E-state index >= 15 is 0 Å². The predicted molar refractivity (Wildman–Crippen MR) is 73.0 cm³/mol. The molecule has 1 unspecified atom stereocenters. The number of rotatable bonds is 5. The van der Waals surface area contributed by atoms with E-state index in [1.54, 1.807) is 0 Å². The maximum atomic E-state index is 12.0. The molecule has 0 aromatic heterocycles. The number of piperidine rings is 1. The van der Waals surface area contributed by atoms with Gasteiger partial charge in [-0.2, -0.15) is 0 Å². The van der Waals surface area contributed by atoms with Gasteiger partial charge in [-0.1, -0.05) is 0 Å². The van der Waals surface area contributed by atoms with Crippen molar-refractivity contribution in [3.8, 4) is 0 Å². The second kappa shape index (κ2) is 6.32. The molecule has 2 N–H and O–H groups in total. The minimum absolute atomic E-state index is 0.119. The van der Waals surface area contributed by atoms with E-state index in [4.69, 9.17) is 0 Å². The van der Waals surface area contributed by atoms with E-state index in [1.165, 1.54) is 0 Å². The highest BCUT2D eigenvalue weighted by Crippen LogP contribution is 2.17. The lowest BCUT2D eigenvalue weighted by Crippen LogP contribution is -2.38. The molecule has 1 atom stereocenters. The average molecular weight is 275 g/mol. The normalized spacial score (nSPS) is 27.7. The molecular formula is C12H25N3O2S. The fraction of sp³-hybridized carbons (Fsp3) is 1.00. The molecule has 0 radical (unpaired) electrons. The SMILES string of the molecule is CN1CCC(NS(=O)(=O)CCC2CCNCC2)C1. The number of nitrogens with one attached hydrogen (secondary N) is 2. The van der Waals surface area contributed by atoms with E-state index in [-0.39, 0.29) is 11.8 Å². The quantitative estimate of drug-likeness (QED) is 0.741. The zero-order valence-electron chi connectivity index (χ0n) is 11.2. The van der Waals surface area contributed by atoms with Gasteiger partial charge >= 0.3 is 0 Å². The highest BCUT2D eigenvalue weighted by molar-refractivity contribution is 7.89. The minimum Gasteiger partial charge on any atom is -0.317 e. The van der Waals surface area contributed by atoms with E-state index < -0.39 is 10.0 Å². The van der Waals surface area contributed by atoms with E-state index in [9.17, 15) is 8.42 Å². The molecular weight excluding hydrogens is 250 g/mol. The van der Waals surface area contributed by atoms with Crippen LogP contribution in [0, 0.1) is 5.92 Å². The first-order chi connectivity index (χ1) is 8.55. The van der Waals surface area contributed by atoms with Gasteiger partial charge in [0.2, 0.25) is 10.0 Å². The summed E-state index contributed by atoms with van der Waals surface area (Å²) in [5.41, 5.74) is 0.